The van der Waals surface area contributed by atoms with Gasteiger partial charge >= 0.3 is 0 Å². The van der Waals surface area contributed by atoms with E-state index in [0.29, 0.717) is 31.5 Å². The van der Waals surface area contributed by atoms with E-state index in [1.165, 1.54) is 22.4 Å². The zero-order valence-corrected chi connectivity index (χ0v) is 22.2. The molecule has 0 aromatic heterocycles. The Morgan fingerprint density at radius 1 is 1.03 bits per heavy atom. The monoisotopic (exact) mass is 485 g/mol. The lowest BCUT2D eigenvalue weighted by Gasteiger charge is -2.53. The number of aliphatic hydroxyl groups is 1. The summed E-state index contributed by atoms with van der Waals surface area (Å²) < 4.78 is 5.42. The third-order valence-corrected chi connectivity index (χ3v) is 10.1. The normalized spacial score (nSPS) is 36.5. The van der Waals surface area contributed by atoms with Crippen molar-refractivity contribution in [3.8, 4) is 11.8 Å². The second-order valence-electron chi connectivity index (χ2n) is 12.7. The average molecular weight is 486 g/mol. The second-order valence-corrected chi connectivity index (χ2v) is 12.7. The van der Waals surface area contributed by atoms with Gasteiger partial charge in [0.15, 0.2) is 5.78 Å². The smallest absolute Gasteiger partial charge is 0.156 e. The molecule has 4 aliphatic carbocycles. The van der Waals surface area contributed by atoms with E-state index in [2.05, 4.69) is 68.9 Å². The maximum Gasteiger partial charge on any atom is 0.156 e. The average Bonchev–Trinajstić information content (AvgIpc) is 3.11. The molecule has 36 heavy (non-hydrogen) atoms. The van der Waals surface area contributed by atoms with Crippen LogP contribution in [0.15, 0.2) is 47.1 Å². The molecule has 0 unspecified atom stereocenters. The largest absolute Gasteiger partial charge is 0.378 e. The Balaban J connectivity index is 1.46. The van der Waals surface area contributed by atoms with E-state index in [1.54, 1.807) is 5.57 Å². The molecule has 4 heteroatoms. The standard InChI is InChI=1S/C32H39NO3/c1-30(19-36-20-30)15-16-32(35)14-13-28-26-11-7-22-17-24(34)10-12-25(22)29(26)27(18-31(28,32)2)21-5-8-23(9-6-21)33(3)4/h5-6,8-9,17,26-28,35H,7,10-14,18-20H2,1-4H3/t26-,27+,28-,31-,32+/m0/s1. The predicted molar refractivity (Wildman–Crippen MR) is 143 cm³/mol. The molecule has 1 aliphatic heterocycles. The van der Waals surface area contributed by atoms with Crippen LogP contribution in [0.4, 0.5) is 5.69 Å². The molecule has 4 nitrogen and oxygen atoms in total. The minimum atomic E-state index is -0.979. The zero-order valence-electron chi connectivity index (χ0n) is 22.2. The first-order chi connectivity index (χ1) is 17.1. The van der Waals surface area contributed by atoms with Gasteiger partial charge in [0.1, 0.15) is 5.60 Å². The van der Waals surface area contributed by atoms with Crippen LogP contribution in [0.1, 0.15) is 70.3 Å². The van der Waals surface area contributed by atoms with Gasteiger partial charge < -0.3 is 14.7 Å². The molecule has 0 amide bonds. The van der Waals surface area contributed by atoms with Gasteiger partial charge in [-0.15, -0.1) is 0 Å². The summed E-state index contributed by atoms with van der Waals surface area (Å²) in [6.07, 6.45) is 8.13. The lowest BCUT2D eigenvalue weighted by Crippen LogP contribution is -2.51. The summed E-state index contributed by atoms with van der Waals surface area (Å²) in [6.45, 7) is 5.77. The highest BCUT2D eigenvalue weighted by atomic mass is 16.5. The number of ether oxygens (including phenoxy) is 1. The van der Waals surface area contributed by atoms with Gasteiger partial charge in [-0.2, -0.15) is 0 Å². The second kappa shape index (κ2) is 8.33. The number of hydrogen-bond donors (Lipinski definition) is 1. The molecule has 0 bridgehead atoms. The number of anilines is 1. The van der Waals surface area contributed by atoms with Crippen LogP contribution in [-0.2, 0) is 9.53 Å². The van der Waals surface area contributed by atoms with Gasteiger partial charge in [-0.3, -0.25) is 4.79 Å². The van der Waals surface area contributed by atoms with E-state index < -0.39 is 5.60 Å². The third-order valence-electron chi connectivity index (χ3n) is 10.1. The lowest BCUT2D eigenvalue weighted by molar-refractivity contribution is -0.114. The fourth-order valence-electron chi connectivity index (χ4n) is 7.91. The summed E-state index contributed by atoms with van der Waals surface area (Å²) in [4.78, 5) is 14.4. The molecule has 3 fully saturated rings. The number of ketones is 1. The van der Waals surface area contributed by atoms with Crippen LogP contribution in [0.25, 0.3) is 0 Å². The topological polar surface area (TPSA) is 49.8 Å². The van der Waals surface area contributed by atoms with Crippen molar-refractivity contribution < 1.29 is 14.6 Å². The highest BCUT2D eigenvalue weighted by molar-refractivity contribution is 5.93. The number of hydrogen-bond acceptors (Lipinski definition) is 4. The summed E-state index contributed by atoms with van der Waals surface area (Å²) in [5.74, 6) is 8.27. The van der Waals surface area contributed by atoms with Crippen molar-refractivity contribution in [1.82, 2.24) is 0 Å². The van der Waals surface area contributed by atoms with Gasteiger partial charge in [0.25, 0.3) is 0 Å². The minimum absolute atomic E-state index is 0.132. The van der Waals surface area contributed by atoms with Gasteiger partial charge in [0.2, 0.25) is 0 Å². The molecule has 6 rings (SSSR count). The van der Waals surface area contributed by atoms with Crippen LogP contribution in [0.2, 0.25) is 0 Å². The lowest BCUT2D eigenvalue weighted by atomic mass is 9.51. The van der Waals surface area contributed by atoms with E-state index in [9.17, 15) is 9.90 Å². The molecule has 1 aromatic carbocycles. The first-order valence-corrected chi connectivity index (χ1v) is 13.7. The molecule has 1 N–H and O–H groups in total. The molecule has 2 saturated carbocycles. The summed E-state index contributed by atoms with van der Waals surface area (Å²) in [5, 5.41) is 12.2. The summed E-state index contributed by atoms with van der Waals surface area (Å²) in [7, 11) is 4.15. The van der Waals surface area contributed by atoms with E-state index in [-0.39, 0.29) is 22.5 Å². The maximum absolute atomic E-state index is 12.3. The van der Waals surface area contributed by atoms with Crippen molar-refractivity contribution in [1.29, 1.82) is 0 Å². The Hall–Kier alpha value is -2.35. The van der Waals surface area contributed by atoms with E-state index in [1.807, 2.05) is 6.08 Å². The van der Waals surface area contributed by atoms with Crippen LogP contribution >= 0.6 is 0 Å². The van der Waals surface area contributed by atoms with Crippen LogP contribution in [0, 0.1) is 34.5 Å². The first kappa shape index (κ1) is 24.0. The number of nitrogens with zero attached hydrogens (tertiary/aromatic N) is 1. The number of allylic oxidation sites excluding steroid dienone is 4. The van der Waals surface area contributed by atoms with Crippen molar-refractivity contribution >= 4 is 11.5 Å². The molecule has 5 aliphatic rings. The summed E-state index contributed by atoms with van der Waals surface area (Å²) in [5.41, 5.74) is 5.44. The zero-order chi connectivity index (χ0) is 25.3. The van der Waals surface area contributed by atoms with Crippen molar-refractivity contribution in [2.75, 3.05) is 32.2 Å². The highest BCUT2D eigenvalue weighted by Gasteiger charge is 2.62. The quantitative estimate of drug-likeness (QED) is 0.568. The number of fused-ring (bicyclic) bond motifs is 4. The van der Waals surface area contributed by atoms with Crippen LogP contribution in [0.3, 0.4) is 0 Å². The predicted octanol–water partition coefficient (Wildman–Crippen LogP) is 5.42. The Bertz CT molecular complexity index is 1210. The minimum Gasteiger partial charge on any atom is -0.378 e. The van der Waals surface area contributed by atoms with Crippen molar-refractivity contribution in [2.24, 2.45) is 22.7 Å². The Kier molecular flexibility index (Phi) is 5.56. The third kappa shape index (κ3) is 3.62. The van der Waals surface area contributed by atoms with E-state index in [0.717, 1.165) is 38.5 Å². The molecule has 0 spiro atoms. The molecule has 1 aromatic rings. The highest BCUT2D eigenvalue weighted by Crippen LogP contribution is 2.66. The van der Waals surface area contributed by atoms with Crippen LogP contribution in [-0.4, -0.2) is 43.8 Å². The summed E-state index contributed by atoms with van der Waals surface area (Å²) in [6, 6.07) is 9.00. The number of carbonyl (C=O) groups excluding carboxylic acids is 1. The van der Waals surface area contributed by atoms with Crippen LogP contribution < -0.4 is 4.90 Å². The fourth-order valence-corrected chi connectivity index (χ4v) is 7.91. The number of rotatable bonds is 2. The Labute approximate surface area is 215 Å². The molecular formula is C32H39NO3. The van der Waals surface area contributed by atoms with E-state index >= 15 is 0 Å². The van der Waals surface area contributed by atoms with Crippen molar-refractivity contribution in [3.05, 3.63) is 52.6 Å². The van der Waals surface area contributed by atoms with Crippen LogP contribution in [0.5, 0.6) is 0 Å². The molecule has 1 saturated heterocycles. The van der Waals surface area contributed by atoms with Gasteiger partial charge in [0, 0.05) is 37.5 Å². The van der Waals surface area contributed by atoms with Gasteiger partial charge in [-0.1, -0.05) is 36.5 Å². The maximum atomic E-state index is 12.3. The number of benzene rings is 1. The van der Waals surface area contributed by atoms with Gasteiger partial charge in [-0.25, -0.2) is 0 Å². The van der Waals surface area contributed by atoms with Gasteiger partial charge in [0.05, 0.1) is 18.6 Å². The Morgan fingerprint density at radius 2 is 1.78 bits per heavy atom. The molecular weight excluding hydrogens is 446 g/mol. The molecule has 190 valence electrons. The first-order valence-electron chi connectivity index (χ1n) is 13.7. The summed E-state index contributed by atoms with van der Waals surface area (Å²) >= 11 is 0. The van der Waals surface area contributed by atoms with Gasteiger partial charge in [-0.05, 0) is 92.2 Å². The van der Waals surface area contributed by atoms with Crippen molar-refractivity contribution in [3.63, 3.8) is 0 Å². The molecule has 1 heterocycles. The number of carbonyl (C=O) groups is 1. The molecule has 0 radical (unpaired) electrons. The van der Waals surface area contributed by atoms with Crippen molar-refractivity contribution in [2.45, 2.75) is 70.3 Å². The SMILES string of the molecule is CN(C)c1ccc([C@H]2C[C@@]3(C)[C@@H](CC[C@@]3(O)C#CC3(C)COC3)[C@@H]3CCC4=CC(=O)CCC4=C32)cc1. The fraction of sp³-hybridized carbons (Fsp3) is 0.594. The molecule has 5 atom stereocenters. The van der Waals surface area contributed by atoms with E-state index in [4.69, 9.17) is 4.74 Å². The Morgan fingerprint density at radius 3 is 2.44 bits per heavy atom.